The summed E-state index contributed by atoms with van der Waals surface area (Å²) in [6, 6.07) is 0.182. The lowest BCUT2D eigenvalue weighted by Crippen LogP contribution is -2.35. The molecule has 0 spiro atoms. The van der Waals surface area contributed by atoms with Gasteiger partial charge in [-0.25, -0.2) is 0 Å². The number of carbonyl (C=O) groups is 1. The number of aliphatic hydroxyl groups is 1. The molecule has 13 heavy (non-hydrogen) atoms. The van der Waals surface area contributed by atoms with E-state index >= 15 is 0 Å². The number of hydrogen-bond donors (Lipinski definition) is 2. The highest BCUT2D eigenvalue weighted by atomic mass is 16.5. The summed E-state index contributed by atoms with van der Waals surface area (Å²) in [4.78, 5) is 11.2. The zero-order chi connectivity index (χ0) is 9.68. The second-order valence-corrected chi connectivity index (χ2v) is 3.52. The van der Waals surface area contributed by atoms with Gasteiger partial charge in [-0.2, -0.15) is 0 Å². The first kappa shape index (κ1) is 10.5. The summed E-state index contributed by atoms with van der Waals surface area (Å²) in [6.45, 7) is 3.05. The number of nitrogens with one attached hydrogen (secondary N) is 1. The second kappa shape index (κ2) is 5.19. The summed E-state index contributed by atoms with van der Waals surface area (Å²) in [5, 5.41) is 11.8. The van der Waals surface area contributed by atoms with Crippen LogP contribution in [0.3, 0.4) is 0 Å². The highest BCUT2D eigenvalue weighted by Crippen LogP contribution is 2.04. The van der Waals surface area contributed by atoms with Crippen molar-refractivity contribution in [1.82, 2.24) is 5.32 Å². The molecule has 1 aliphatic heterocycles. The van der Waals surface area contributed by atoms with Crippen molar-refractivity contribution in [3.05, 3.63) is 0 Å². The number of aliphatic hydroxyl groups excluding tert-OH is 1. The van der Waals surface area contributed by atoms with Crippen molar-refractivity contribution in [3.8, 4) is 0 Å². The monoisotopic (exact) mass is 187 g/mol. The molecule has 0 saturated carbocycles. The van der Waals surface area contributed by atoms with Crippen LogP contribution >= 0.6 is 0 Å². The van der Waals surface area contributed by atoms with Crippen molar-refractivity contribution in [2.75, 3.05) is 13.2 Å². The Morgan fingerprint density at radius 2 is 2.54 bits per heavy atom. The van der Waals surface area contributed by atoms with E-state index in [1.807, 2.05) is 0 Å². The lowest BCUT2D eigenvalue weighted by Gasteiger charge is -2.10. The van der Waals surface area contributed by atoms with Crippen LogP contribution in [0.4, 0.5) is 0 Å². The zero-order valence-electron chi connectivity index (χ0n) is 7.95. The average Bonchev–Trinajstić information content (AvgIpc) is 2.53. The van der Waals surface area contributed by atoms with E-state index in [1.165, 1.54) is 0 Å². The van der Waals surface area contributed by atoms with E-state index < -0.39 is 6.10 Å². The van der Waals surface area contributed by atoms with Gasteiger partial charge in [-0.3, -0.25) is 4.79 Å². The standard InChI is InChI=1S/C9H17NO3/c1-7(11)2-3-9(12)10-8-4-5-13-6-8/h7-8,11H,2-6H2,1H3,(H,10,12). The number of ether oxygens (including phenoxy) is 1. The van der Waals surface area contributed by atoms with E-state index in [1.54, 1.807) is 6.92 Å². The summed E-state index contributed by atoms with van der Waals surface area (Å²) >= 11 is 0. The van der Waals surface area contributed by atoms with Crippen LogP contribution in [0.15, 0.2) is 0 Å². The summed E-state index contributed by atoms with van der Waals surface area (Å²) in [6.07, 6.45) is 1.43. The molecule has 0 aliphatic carbocycles. The molecular weight excluding hydrogens is 170 g/mol. The van der Waals surface area contributed by atoms with Crippen LogP contribution in [-0.4, -0.2) is 36.4 Å². The van der Waals surface area contributed by atoms with Crippen molar-refractivity contribution in [1.29, 1.82) is 0 Å². The van der Waals surface area contributed by atoms with Gasteiger partial charge in [-0.1, -0.05) is 0 Å². The molecule has 1 rings (SSSR count). The van der Waals surface area contributed by atoms with Gasteiger partial charge >= 0.3 is 0 Å². The molecule has 0 aromatic carbocycles. The fraction of sp³-hybridized carbons (Fsp3) is 0.889. The summed E-state index contributed by atoms with van der Waals surface area (Å²) < 4.78 is 5.12. The fourth-order valence-electron chi connectivity index (χ4n) is 1.29. The minimum Gasteiger partial charge on any atom is -0.393 e. The topological polar surface area (TPSA) is 58.6 Å². The van der Waals surface area contributed by atoms with Crippen LogP contribution < -0.4 is 5.32 Å². The Kier molecular flexibility index (Phi) is 4.18. The third-order valence-corrected chi connectivity index (χ3v) is 2.08. The molecule has 1 amide bonds. The Morgan fingerprint density at radius 1 is 1.77 bits per heavy atom. The molecule has 4 nitrogen and oxygen atoms in total. The number of carbonyl (C=O) groups excluding carboxylic acids is 1. The van der Waals surface area contributed by atoms with Gasteiger partial charge in [0, 0.05) is 13.0 Å². The predicted octanol–water partition coefficient (Wildman–Crippen LogP) is 0.0525. The Labute approximate surface area is 78.3 Å². The Bertz CT molecular complexity index is 164. The summed E-state index contributed by atoms with van der Waals surface area (Å²) in [5.74, 6) is 0.0106. The highest BCUT2D eigenvalue weighted by Gasteiger charge is 2.17. The van der Waals surface area contributed by atoms with Gasteiger partial charge in [0.1, 0.15) is 0 Å². The zero-order valence-corrected chi connectivity index (χ0v) is 7.95. The van der Waals surface area contributed by atoms with Crippen LogP contribution in [0.25, 0.3) is 0 Å². The summed E-state index contributed by atoms with van der Waals surface area (Å²) in [5.41, 5.74) is 0. The molecule has 1 heterocycles. The lowest BCUT2D eigenvalue weighted by molar-refractivity contribution is -0.122. The van der Waals surface area contributed by atoms with Crippen LogP contribution in [0.1, 0.15) is 26.2 Å². The SMILES string of the molecule is CC(O)CCC(=O)NC1CCOC1. The maximum absolute atomic E-state index is 11.2. The highest BCUT2D eigenvalue weighted by molar-refractivity contribution is 5.76. The third kappa shape index (κ3) is 4.24. The van der Waals surface area contributed by atoms with Crippen LogP contribution in [0.2, 0.25) is 0 Å². The van der Waals surface area contributed by atoms with Crippen molar-refractivity contribution in [2.24, 2.45) is 0 Å². The van der Waals surface area contributed by atoms with E-state index in [0.29, 0.717) is 19.4 Å². The Balaban J connectivity index is 2.09. The molecule has 2 atom stereocenters. The second-order valence-electron chi connectivity index (χ2n) is 3.52. The molecule has 0 bridgehead atoms. The lowest BCUT2D eigenvalue weighted by atomic mass is 10.2. The molecule has 76 valence electrons. The van der Waals surface area contributed by atoms with Gasteiger partial charge in [-0.05, 0) is 19.8 Å². The number of rotatable bonds is 4. The first-order chi connectivity index (χ1) is 6.18. The van der Waals surface area contributed by atoms with Crippen molar-refractivity contribution in [3.63, 3.8) is 0 Å². The van der Waals surface area contributed by atoms with Gasteiger partial charge in [0.05, 0.1) is 18.8 Å². The Morgan fingerprint density at radius 3 is 3.08 bits per heavy atom. The van der Waals surface area contributed by atoms with E-state index in [-0.39, 0.29) is 11.9 Å². The minimum atomic E-state index is -0.398. The van der Waals surface area contributed by atoms with E-state index in [4.69, 9.17) is 9.84 Å². The van der Waals surface area contributed by atoms with Crippen LogP contribution in [0, 0.1) is 0 Å². The quantitative estimate of drug-likeness (QED) is 0.654. The molecule has 0 radical (unpaired) electrons. The van der Waals surface area contributed by atoms with E-state index in [2.05, 4.69) is 5.32 Å². The third-order valence-electron chi connectivity index (χ3n) is 2.08. The average molecular weight is 187 g/mol. The fourth-order valence-corrected chi connectivity index (χ4v) is 1.29. The molecule has 2 N–H and O–H groups in total. The van der Waals surface area contributed by atoms with Crippen molar-refractivity contribution in [2.45, 2.75) is 38.3 Å². The van der Waals surface area contributed by atoms with Crippen LogP contribution in [0.5, 0.6) is 0 Å². The largest absolute Gasteiger partial charge is 0.393 e. The molecule has 0 aromatic rings. The van der Waals surface area contributed by atoms with Gasteiger partial charge in [-0.15, -0.1) is 0 Å². The van der Waals surface area contributed by atoms with Gasteiger partial charge in [0.15, 0.2) is 0 Å². The molecule has 4 heteroatoms. The van der Waals surface area contributed by atoms with Gasteiger partial charge < -0.3 is 15.2 Å². The molecule has 0 aromatic heterocycles. The molecule has 1 aliphatic rings. The van der Waals surface area contributed by atoms with Crippen LogP contribution in [-0.2, 0) is 9.53 Å². The summed E-state index contributed by atoms with van der Waals surface area (Å²) in [7, 11) is 0. The van der Waals surface area contributed by atoms with E-state index in [9.17, 15) is 4.79 Å². The smallest absolute Gasteiger partial charge is 0.220 e. The molecule has 2 unspecified atom stereocenters. The van der Waals surface area contributed by atoms with Crippen molar-refractivity contribution < 1.29 is 14.6 Å². The van der Waals surface area contributed by atoms with Crippen molar-refractivity contribution >= 4 is 5.91 Å². The first-order valence-electron chi connectivity index (χ1n) is 4.73. The van der Waals surface area contributed by atoms with Gasteiger partial charge in [0.25, 0.3) is 0 Å². The number of amides is 1. The van der Waals surface area contributed by atoms with E-state index in [0.717, 1.165) is 13.0 Å². The minimum absolute atomic E-state index is 0.0106. The first-order valence-corrected chi connectivity index (χ1v) is 4.73. The predicted molar refractivity (Wildman–Crippen MR) is 48.3 cm³/mol. The molecular formula is C9H17NO3. The molecule has 1 fully saturated rings. The normalized spacial score (nSPS) is 24.3. The maximum Gasteiger partial charge on any atom is 0.220 e. The Hall–Kier alpha value is -0.610. The van der Waals surface area contributed by atoms with Gasteiger partial charge in [0.2, 0.25) is 5.91 Å². The number of hydrogen-bond acceptors (Lipinski definition) is 3. The molecule has 1 saturated heterocycles. The maximum atomic E-state index is 11.2.